The SMILES string of the molecule is NCCC[C@H](N)c1cc(Cl)cc(C(F)(F)F)c1. The smallest absolute Gasteiger partial charge is 0.330 e. The van der Waals surface area contributed by atoms with E-state index in [9.17, 15) is 13.2 Å². The Morgan fingerprint density at radius 1 is 1.24 bits per heavy atom. The van der Waals surface area contributed by atoms with E-state index in [2.05, 4.69) is 0 Å². The highest BCUT2D eigenvalue weighted by atomic mass is 35.5. The molecule has 0 bridgehead atoms. The zero-order valence-corrected chi connectivity index (χ0v) is 9.85. The molecule has 0 heterocycles. The average Bonchev–Trinajstić information content (AvgIpc) is 2.23. The van der Waals surface area contributed by atoms with E-state index < -0.39 is 17.8 Å². The van der Waals surface area contributed by atoms with E-state index in [4.69, 9.17) is 23.1 Å². The van der Waals surface area contributed by atoms with Gasteiger partial charge in [-0.1, -0.05) is 11.6 Å². The summed E-state index contributed by atoms with van der Waals surface area (Å²) in [5.41, 5.74) is 10.7. The van der Waals surface area contributed by atoms with Crippen LogP contribution in [0, 0.1) is 0 Å². The lowest BCUT2D eigenvalue weighted by Crippen LogP contribution is -2.14. The molecule has 1 aromatic rings. The third-order valence-corrected chi connectivity index (χ3v) is 2.61. The van der Waals surface area contributed by atoms with E-state index in [0.29, 0.717) is 24.9 Å². The molecule has 4 N–H and O–H groups in total. The van der Waals surface area contributed by atoms with Gasteiger partial charge in [0.25, 0.3) is 0 Å². The minimum atomic E-state index is -4.41. The molecule has 1 atom stereocenters. The molecule has 0 aliphatic carbocycles. The first-order valence-electron chi connectivity index (χ1n) is 5.18. The highest BCUT2D eigenvalue weighted by Gasteiger charge is 2.31. The normalized spacial score (nSPS) is 13.8. The fraction of sp³-hybridized carbons (Fsp3) is 0.455. The van der Waals surface area contributed by atoms with E-state index in [-0.39, 0.29) is 5.02 Å². The van der Waals surface area contributed by atoms with Crippen LogP contribution < -0.4 is 11.5 Å². The summed E-state index contributed by atoms with van der Waals surface area (Å²) in [7, 11) is 0. The maximum absolute atomic E-state index is 12.5. The molecule has 0 saturated carbocycles. The molecule has 1 rings (SSSR count). The van der Waals surface area contributed by atoms with Gasteiger partial charge in [-0.2, -0.15) is 13.2 Å². The molecule has 6 heteroatoms. The monoisotopic (exact) mass is 266 g/mol. The number of halogens is 4. The van der Waals surface area contributed by atoms with Crippen molar-refractivity contribution < 1.29 is 13.2 Å². The quantitative estimate of drug-likeness (QED) is 0.880. The zero-order chi connectivity index (χ0) is 13.1. The Morgan fingerprint density at radius 2 is 1.88 bits per heavy atom. The maximum Gasteiger partial charge on any atom is 0.416 e. The van der Waals surface area contributed by atoms with E-state index in [1.165, 1.54) is 6.07 Å². The number of alkyl halides is 3. The molecular formula is C11H14ClF3N2. The Hall–Kier alpha value is -0.780. The fourth-order valence-electron chi connectivity index (χ4n) is 1.49. The standard InChI is InChI=1S/C11H14ClF3N2/c12-9-5-7(10(17)2-1-3-16)4-8(6-9)11(13,14)15/h4-6,10H,1-3,16-17H2/t10-/m0/s1. The van der Waals surface area contributed by atoms with Crippen LogP contribution in [-0.2, 0) is 6.18 Å². The van der Waals surface area contributed by atoms with Crippen LogP contribution in [0.3, 0.4) is 0 Å². The van der Waals surface area contributed by atoms with Gasteiger partial charge in [-0.25, -0.2) is 0 Å². The van der Waals surface area contributed by atoms with Crippen LogP contribution in [0.4, 0.5) is 13.2 Å². The third kappa shape index (κ3) is 4.18. The van der Waals surface area contributed by atoms with Crippen molar-refractivity contribution in [3.05, 3.63) is 34.3 Å². The van der Waals surface area contributed by atoms with Gasteiger partial charge < -0.3 is 11.5 Å². The zero-order valence-electron chi connectivity index (χ0n) is 9.10. The summed E-state index contributed by atoms with van der Waals surface area (Å²) >= 11 is 5.65. The summed E-state index contributed by atoms with van der Waals surface area (Å²) in [6.45, 7) is 0.459. The lowest BCUT2D eigenvalue weighted by molar-refractivity contribution is -0.137. The number of nitrogens with two attached hydrogens (primary N) is 2. The van der Waals surface area contributed by atoms with Crippen molar-refractivity contribution in [2.45, 2.75) is 25.1 Å². The Balaban J connectivity index is 2.97. The lowest BCUT2D eigenvalue weighted by Gasteiger charge is -2.15. The van der Waals surface area contributed by atoms with Gasteiger partial charge >= 0.3 is 6.18 Å². The van der Waals surface area contributed by atoms with Crippen molar-refractivity contribution in [1.82, 2.24) is 0 Å². The molecule has 0 amide bonds. The van der Waals surface area contributed by atoms with Crippen molar-refractivity contribution in [1.29, 1.82) is 0 Å². The minimum absolute atomic E-state index is 0.0398. The molecular weight excluding hydrogens is 253 g/mol. The third-order valence-electron chi connectivity index (χ3n) is 2.39. The second-order valence-corrected chi connectivity index (χ2v) is 4.24. The lowest BCUT2D eigenvalue weighted by atomic mass is 10.0. The summed E-state index contributed by atoms with van der Waals surface area (Å²) < 4.78 is 37.6. The highest BCUT2D eigenvalue weighted by molar-refractivity contribution is 6.30. The van der Waals surface area contributed by atoms with Gasteiger partial charge in [0.2, 0.25) is 0 Å². The molecule has 0 aliphatic rings. The number of benzene rings is 1. The number of rotatable bonds is 4. The van der Waals surface area contributed by atoms with Crippen molar-refractivity contribution in [2.75, 3.05) is 6.54 Å². The van der Waals surface area contributed by atoms with Gasteiger partial charge in [0.05, 0.1) is 5.56 Å². The van der Waals surface area contributed by atoms with Crippen molar-refractivity contribution in [3.8, 4) is 0 Å². The van der Waals surface area contributed by atoms with Gasteiger partial charge in [-0.15, -0.1) is 0 Å². The summed E-state index contributed by atoms with van der Waals surface area (Å²) in [6.07, 6.45) is -3.21. The van der Waals surface area contributed by atoms with E-state index in [1.54, 1.807) is 0 Å². The molecule has 17 heavy (non-hydrogen) atoms. The fourth-order valence-corrected chi connectivity index (χ4v) is 1.74. The van der Waals surface area contributed by atoms with Gasteiger partial charge in [0.1, 0.15) is 0 Å². The minimum Gasteiger partial charge on any atom is -0.330 e. The maximum atomic E-state index is 12.5. The first-order chi connectivity index (χ1) is 7.84. The molecule has 0 aliphatic heterocycles. The number of hydrogen-bond donors (Lipinski definition) is 2. The molecule has 0 fully saturated rings. The Bertz CT molecular complexity index is 379. The molecule has 2 nitrogen and oxygen atoms in total. The summed E-state index contributed by atoms with van der Waals surface area (Å²) in [6, 6.07) is 2.91. The predicted molar refractivity (Wildman–Crippen MR) is 61.7 cm³/mol. The van der Waals surface area contributed by atoms with E-state index >= 15 is 0 Å². The van der Waals surface area contributed by atoms with E-state index in [0.717, 1.165) is 12.1 Å². The molecule has 0 aromatic heterocycles. The van der Waals surface area contributed by atoms with Crippen LogP contribution in [0.1, 0.15) is 30.0 Å². The first-order valence-corrected chi connectivity index (χ1v) is 5.55. The summed E-state index contributed by atoms with van der Waals surface area (Å²) in [5, 5.41) is 0.0398. The van der Waals surface area contributed by atoms with Crippen LogP contribution in [0.2, 0.25) is 5.02 Å². The summed E-state index contributed by atoms with van der Waals surface area (Å²) in [4.78, 5) is 0. The second-order valence-electron chi connectivity index (χ2n) is 3.81. The molecule has 0 spiro atoms. The van der Waals surface area contributed by atoms with E-state index in [1.807, 2.05) is 0 Å². The van der Waals surface area contributed by atoms with Gasteiger partial charge in [0.15, 0.2) is 0 Å². The Morgan fingerprint density at radius 3 is 2.41 bits per heavy atom. The van der Waals surface area contributed by atoms with Crippen LogP contribution >= 0.6 is 11.6 Å². The highest BCUT2D eigenvalue weighted by Crippen LogP contribution is 2.33. The Kier molecular flexibility index (Phi) is 4.80. The largest absolute Gasteiger partial charge is 0.416 e. The van der Waals surface area contributed by atoms with Crippen molar-refractivity contribution >= 4 is 11.6 Å². The predicted octanol–water partition coefficient (Wildman–Crippen LogP) is 3.10. The molecule has 0 unspecified atom stereocenters. The average molecular weight is 267 g/mol. The second kappa shape index (κ2) is 5.71. The van der Waals surface area contributed by atoms with Crippen LogP contribution in [0.15, 0.2) is 18.2 Å². The van der Waals surface area contributed by atoms with Crippen molar-refractivity contribution in [3.63, 3.8) is 0 Å². The molecule has 0 radical (unpaired) electrons. The Labute approximate surface area is 103 Å². The molecule has 0 saturated heterocycles. The van der Waals surface area contributed by atoms with Crippen LogP contribution in [0.5, 0.6) is 0 Å². The molecule has 1 aromatic carbocycles. The number of hydrogen-bond acceptors (Lipinski definition) is 2. The molecule has 96 valence electrons. The summed E-state index contributed by atoms with van der Waals surface area (Å²) in [5.74, 6) is 0. The van der Waals surface area contributed by atoms with Gasteiger partial charge in [-0.3, -0.25) is 0 Å². The van der Waals surface area contributed by atoms with Gasteiger partial charge in [-0.05, 0) is 43.1 Å². The van der Waals surface area contributed by atoms with Gasteiger partial charge in [0, 0.05) is 11.1 Å². The van der Waals surface area contributed by atoms with Crippen molar-refractivity contribution in [2.24, 2.45) is 11.5 Å². The van der Waals surface area contributed by atoms with Crippen LogP contribution in [-0.4, -0.2) is 6.54 Å². The van der Waals surface area contributed by atoms with Crippen LogP contribution in [0.25, 0.3) is 0 Å². The first kappa shape index (κ1) is 14.3. The topological polar surface area (TPSA) is 52.0 Å².